The van der Waals surface area contributed by atoms with Gasteiger partial charge in [0.15, 0.2) is 0 Å². The second kappa shape index (κ2) is 5.43. The van der Waals surface area contributed by atoms with E-state index in [1.54, 1.807) is 0 Å². The second-order valence-electron chi connectivity index (χ2n) is 4.00. The van der Waals surface area contributed by atoms with E-state index in [4.69, 9.17) is 10.5 Å². The van der Waals surface area contributed by atoms with Crippen LogP contribution in [0.1, 0.15) is 0 Å². The molecule has 0 bridgehead atoms. The van der Waals surface area contributed by atoms with E-state index >= 15 is 0 Å². The first kappa shape index (κ1) is 13.6. The number of nitro benzene ring substituents is 1. The van der Waals surface area contributed by atoms with Crippen molar-refractivity contribution in [2.75, 3.05) is 18.2 Å². The first-order chi connectivity index (χ1) is 9.51. The molecule has 2 aromatic carbocycles. The summed E-state index contributed by atoms with van der Waals surface area (Å²) in [6.45, 7) is 0. The molecule has 104 valence electrons. The predicted molar refractivity (Wildman–Crippen MR) is 73.7 cm³/mol. The van der Waals surface area contributed by atoms with Gasteiger partial charge in [-0.05, 0) is 18.2 Å². The topological polar surface area (TPSA) is 90.4 Å². The van der Waals surface area contributed by atoms with Gasteiger partial charge in [-0.1, -0.05) is 0 Å². The summed E-state index contributed by atoms with van der Waals surface area (Å²) in [5.74, 6) is -0.00191. The number of hydrogen-bond acceptors (Lipinski definition) is 5. The molecule has 0 atom stereocenters. The van der Waals surface area contributed by atoms with Gasteiger partial charge >= 0.3 is 0 Å². The SMILES string of the molecule is COc1ccc(F)c(Nc2ccc([N+](=O)[O-])cc2N)c1. The van der Waals surface area contributed by atoms with Gasteiger partial charge in [-0.3, -0.25) is 10.1 Å². The zero-order valence-electron chi connectivity index (χ0n) is 10.6. The number of nitro groups is 1. The third-order valence-electron chi connectivity index (χ3n) is 2.69. The summed E-state index contributed by atoms with van der Waals surface area (Å²) in [6.07, 6.45) is 0. The van der Waals surface area contributed by atoms with Crippen LogP contribution < -0.4 is 15.8 Å². The van der Waals surface area contributed by atoms with Gasteiger partial charge in [0.25, 0.3) is 5.69 Å². The quantitative estimate of drug-likeness (QED) is 0.509. The third kappa shape index (κ3) is 2.77. The average Bonchev–Trinajstić information content (AvgIpc) is 2.43. The van der Waals surface area contributed by atoms with E-state index in [2.05, 4.69) is 5.32 Å². The molecule has 0 radical (unpaired) electrons. The van der Waals surface area contributed by atoms with Crippen molar-refractivity contribution in [2.45, 2.75) is 0 Å². The lowest BCUT2D eigenvalue weighted by Gasteiger charge is -2.11. The van der Waals surface area contributed by atoms with E-state index in [1.807, 2.05) is 0 Å². The number of nitrogen functional groups attached to an aromatic ring is 1. The van der Waals surface area contributed by atoms with E-state index in [0.717, 1.165) is 0 Å². The molecule has 20 heavy (non-hydrogen) atoms. The van der Waals surface area contributed by atoms with E-state index < -0.39 is 10.7 Å². The Morgan fingerprint density at radius 3 is 2.60 bits per heavy atom. The molecule has 2 rings (SSSR count). The van der Waals surface area contributed by atoms with Crippen molar-refractivity contribution < 1.29 is 14.1 Å². The largest absolute Gasteiger partial charge is 0.497 e. The van der Waals surface area contributed by atoms with Gasteiger partial charge in [0.1, 0.15) is 11.6 Å². The molecule has 0 aromatic heterocycles. The minimum Gasteiger partial charge on any atom is -0.497 e. The minimum atomic E-state index is -0.549. The summed E-state index contributed by atoms with van der Waals surface area (Å²) >= 11 is 0. The summed E-state index contributed by atoms with van der Waals surface area (Å²) in [4.78, 5) is 10.1. The Morgan fingerprint density at radius 2 is 2.00 bits per heavy atom. The van der Waals surface area contributed by atoms with Crippen molar-refractivity contribution in [3.05, 3.63) is 52.3 Å². The number of hydrogen-bond donors (Lipinski definition) is 2. The second-order valence-corrected chi connectivity index (χ2v) is 4.00. The Bertz CT molecular complexity index is 661. The summed E-state index contributed by atoms with van der Waals surface area (Å²) in [5.41, 5.74) is 6.28. The smallest absolute Gasteiger partial charge is 0.271 e. The summed E-state index contributed by atoms with van der Waals surface area (Å²) in [6, 6.07) is 8.13. The Hall–Kier alpha value is -2.83. The number of nitrogens with one attached hydrogen (secondary N) is 1. The fraction of sp³-hybridized carbons (Fsp3) is 0.0769. The Morgan fingerprint density at radius 1 is 1.25 bits per heavy atom. The normalized spacial score (nSPS) is 10.1. The number of methoxy groups -OCH3 is 1. The molecule has 0 saturated heterocycles. The van der Waals surface area contributed by atoms with Gasteiger partial charge in [-0.2, -0.15) is 0 Å². The number of non-ortho nitro benzene ring substituents is 1. The highest BCUT2D eigenvalue weighted by Gasteiger charge is 2.11. The van der Waals surface area contributed by atoms with Crippen molar-refractivity contribution in [3.8, 4) is 5.75 Å². The molecule has 0 amide bonds. The van der Waals surface area contributed by atoms with Crippen molar-refractivity contribution in [1.29, 1.82) is 0 Å². The highest BCUT2D eigenvalue weighted by Crippen LogP contribution is 2.30. The van der Waals surface area contributed by atoms with Crippen molar-refractivity contribution in [1.82, 2.24) is 0 Å². The molecule has 3 N–H and O–H groups in total. The lowest BCUT2D eigenvalue weighted by Crippen LogP contribution is -2.00. The Balaban J connectivity index is 2.32. The lowest BCUT2D eigenvalue weighted by atomic mass is 10.2. The van der Waals surface area contributed by atoms with Crippen LogP contribution in [0, 0.1) is 15.9 Å². The maximum Gasteiger partial charge on any atom is 0.271 e. The van der Waals surface area contributed by atoms with Crippen LogP contribution in [-0.2, 0) is 0 Å². The van der Waals surface area contributed by atoms with Crippen LogP contribution in [0.3, 0.4) is 0 Å². The highest BCUT2D eigenvalue weighted by molar-refractivity contribution is 5.75. The Labute approximate surface area is 114 Å². The molecule has 0 unspecified atom stereocenters. The van der Waals surface area contributed by atoms with Gasteiger partial charge in [0.05, 0.1) is 29.1 Å². The van der Waals surface area contributed by atoms with Crippen LogP contribution in [0.15, 0.2) is 36.4 Å². The van der Waals surface area contributed by atoms with Crippen LogP contribution in [-0.4, -0.2) is 12.0 Å². The molecule has 0 aliphatic heterocycles. The standard InChI is InChI=1S/C13H12FN3O3/c1-20-9-3-4-10(14)13(7-9)16-12-5-2-8(17(18)19)6-11(12)15/h2-7,16H,15H2,1H3. The molecule has 6 nitrogen and oxygen atoms in total. The monoisotopic (exact) mass is 277 g/mol. The molecule has 0 aliphatic rings. The fourth-order valence-electron chi connectivity index (χ4n) is 1.65. The van der Waals surface area contributed by atoms with Crippen molar-refractivity contribution >= 4 is 22.7 Å². The molecule has 7 heteroatoms. The summed E-state index contributed by atoms with van der Waals surface area (Å²) in [7, 11) is 1.47. The maximum absolute atomic E-state index is 13.7. The zero-order valence-corrected chi connectivity index (χ0v) is 10.6. The lowest BCUT2D eigenvalue weighted by molar-refractivity contribution is -0.384. The molecule has 0 heterocycles. The fourth-order valence-corrected chi connectivity index (χ4v) is 1.65. The minimum absolute atomic E-state index is 0.126. The Kier molecular flexibility index (Phi) is 3.69. The number of nitrogens with zero attached hydrogens (tertiary/aromatic N) is 1. The van der Waals surface area contributed by atoms with Crippen LogP contribution in [0.2, 0.25) is 0 Å². The molecule has 0 fully saturated rings. The molecule has 2 aromatic rings. The average molecular weight is 277 g/mol. The number of ether oxygens (including phenoxy) is 1. The van der Waals surface area contributed by atoms with Gasteiger partial charge < -0.3 is 15.8 Å². The first-order valence-electron chi connectivity index (χ1n) is 5.65. The van der Waals surface area contributed by atoms with Crippen LogP contribution in [0.5, 0.6) is 5.75 Å². The van der Waals surface area contributed by atoms with Gasteiger partial charge in [-0.15, -0.1) is 0 Å². The van der Waals surface area contributed by atoms with Crippen molar-refractivity contribution in [3.63, 3.8) is 0 Å². The number of benzene rings is 2. The number of anilines is 3. The molecule has 0 saturated carbocycles. The van der Waals surface area contributed by atoms with E-state index in [1.165, 1.54) is 43.5 Å². The molecule has 0 spiro atoms. The van der Waals surface area contributed by atoms with E-state index in [0.29, 0.717) is 11.4 Å². The zero-order chi connectivity index (χ0) is 14.7. The van der Waals surface area contributed by atoms with Crippen LogP contribution in [0.4, 0.5) is 27.1 Å². The van der Waals surface area contributed by atoms with Gasteiger partial charge in [0, 0.05) is 18.2 Å². The molecular weight excluding hydrogens is 265 g/mol. The maximum atomic E-state index is 13.7. The van der Waals surface area contributed by atoms with Crippen LogP contribution >= 0.6 is 0 Å². The molecular formula is C13H12FN3O3. The van der Waals surface area contributed by atoms with Crippen molar-refractivity contribution in [2.24, 2.45) is 0 Å². The predicted octanol–water partition coefficient (Wildman–Crippen LogP) is 3.07. The van der Waals surface area contributed by atoms with Gasteiger partial charge in [0.2, 0.25) is 0 Å². The summed E-state index contributed by atoms with van der Waals surface area (Å²) in [5, 5.41) is 13.4. The van der Waals surface area contributed by atoms with Crippen LogP contribution in [0.25, 0.3) is 0 Å². The highest BCUT2D eigenvalue weighted by atomic mass is 19.1. The van der Waals surface area contributed by atoms with Gasteiger partial charge in [-0.25, -0.2) is 4.39 Å². The third-order valence-corrected chi connectivity index (χ3v) is 2.69. The van der Waals surface area contributed by atoms with E-state index in [9.17, 15) is 14.5 Å². The first-order valence-corrected chi connectivity index (χ1v) is 5.65. The van der Waals surface area contributed by atoms with E-state index in [-0.39, 0.29) is 17.1 Å². The summed E-state index contributed by atoms with van der Waals surface area (Å²) < 4.78 is 18.7. The number of nitrogens with two attached hydrogens (primary N) is 1. The number of halogens is 1. The number of rotatable bonds is 4. The molecule has 0 aliphatic carbocycles.